The second kappa shape index (κ2) is 11.6. The summed E-state index contributed by atoms with van der Waals surface area (Å²) in [6.07, 6.45) is 12.5. The molecule has 6 bridgehead atoms. The van der Waals surface area contributed by atoms with Gasteiger partial charge in [0.25, 0.3) is 0 Å². The highest BCUT2D eigenvalue weighted by molar-refractivity contribution is 5.99. The Morgan fingerprint density at radius 1 is 0.431 bits per heavy atom. The van der Waals surface area contributed by atoms with Crippen LogP contribution in [0.4, 0.5) is 17.1 Å². The van der Waals surface area contributed by atoms with Crippen LogP contribution in [0, 0.1) is 35.5 Å². The van der Waals surface area contributed by atoms with Crippen molar-refractivity contribution in [1.29, 1.82) is 0 Å². The molecule has 1 nitrogen and oxygen atoms in total. The average molecular weight is 748 g/mol. The van der Waals surface area contributed by atoms with Crippen molar-refractivity contribution in [3.05, 3.63) is 174 Å². The highest BCUT2D eigenvalue weighted by Crippen LogP contribution is 2.71. The molecule has 0 amide bonds. The molecule has 0 aliphatic heterocycles. The lowest BCUT2D eigenvalue weighted by Gasteiger charge is -2.61. The third-order valence-electron chi connectivity index (χ3n) is 17.3. The second-order valence-electron chi connectivity index (χ2n) is 19.7. The molecule has 2 spiro atoms. The van der Waals surface area contributed by atoms with Crippen LogP contribution in [0.1, 0.15) is 80.0 Å². The first-order chi connectivity index (χ1) is 28.7. The summed E-state index contributed by atoms with van der Waals surface area (Å²) in [6, 6.07) is 59.3. The smallest absolute Gasteiger partial charge is 0.0543 e. The maximum absolute atomic E-state index is 2.67. The Morgan fingerprint density at radius 3 is 1.86 bits per heavy atom. The Morgan fingerprint density at radius 2 is 1.07 bits per heavy atom. The maximum atomic E-state index is 2.67. The summed E-state index contributed by atoms with van der Waals surface area (Å²) >= 11 is 0. The number of rotatable bonds is 4. The van der Waals surface area contributed by atoms with Gasteiger partial charge in [-0.25, -0.2) is 0 Å². The minimum atomic E-state index is 0.129. The van der Waals surface area contributed by atoms with E-state index in [-0.39, 0.29) is 10.8 Å². The molecular weight excluding hydrogens is 699 g/mol. The van der Waals surface area contributed by atoms with Gasteiger partial charge in [0.05, 0.1) is 5.69 Å². The standard InChI is InChI=1S/C57H49N/c1-2-11-45-38(9-1)10-7-14-46(45)39-20-23-43(24-21-39)58(44-25-26-48-47-12-3-5-15-50(47)56(53(48)33-44)34-35-19-22-40(56)28-35)54-18-8-17-52-55(54)49-13-4-6-16-51(49)57(52)41-29-36-27-37(31-41)32-42(57)30-36/h1-18,20-21,23-26,33,35-37,40-42H,19,22,27-32,34H2. The van der Waals surface area contributed by atoms with Gasteiger partial charge in [-0.05, 0) is 178 Å². The van der Waals surface area contributed by atoms with Gasteiger partial charge in [0.15, 0.2) is 0 Å². The van der Waals surface area contributed by atoms with Crippen molar-refractivity contribution >= 4 is 27.8 Å². The fourth-order valence-corrected chi connectivity index (χ4v) is 15.6. The van der Waals surface area contributed by atoms with E-state index in [1.54, 1.807) is 22.3 Å². The van der Waals surface area contributed by atoms with E-state index in [0.717, 1.165) is 35.5 Å². The maximum Gasteiger partial charge on any atom is 0.0543 e. The van der Waals surface area contributed by atoms with Crippen molar-refractivity contribution in [3.8, 4) is 33.4 Å². The van der Waals surface area contributed by atoms with Crippen LogP contribution in [0.15, 0.2) is 152 Å². The van der Waals surface area contributed by atoms with Gasteiger partial charge in [0.2, 0.25) is 0 Å². The van der Waals surface area contributed by atoms with E-state index in [4.69, 9.17) is 0 Å². The first-order valence-electron chi connectivity index (χ1n) is 22.5. The lowest BCUT2D eigenvalue weighted by atomic mass is 9.43. The number of hydrogen-bond donors (Lipinski definition) is 0. The molecule has 6 saturated carbocycles. The largest absolute Gasteiger partial charge is 0.310 e. The average Bonchev–Trinajstić information content (AvgIpc) is 4.03. The monoisotopic (exact) mass is 747 g/mol. The number of benzene rings is 7. The zero-order chi connectivity index (χ0) is 37.7. The van der Waals surface area contributed by atoms with Crippen LogP contribution in [0.3, 0.4) is 0 Å². The third kappa shape index (κ3) is 4.08. The summed E-state index contributed by atoms with van der Waals surface area (Å²) in [7, 11) is 0. The van der Waals surface area contributed by atoms with Crippen molar-refractivity contribution in [2.24, 2.45) is 35.5 Å². The van der Waals surface area contributed by atoms with Gasteiger partial charge < -0.3 is 4.90 Å². The minimum absolute atomic E-state index is 0.129. The molecule has 0 aromatic heterocycles. The molecule has 0 N–H and O–H groups in total. The molecule has 58 heavy (non-hydrogen) atoms. The summed E-state index contributed by atoms with van der Waals surface area (Å²) in [5, 5.41) is 2.60. The van der Waals surface area contributed by atoms with E-state index in [1.165, 1.54) is 119 Å². The first kappa shape index (κ1) is 32.5. The van der Waals surface area contributed by atoms with E-state index in [0.29, 0.717) is 0 Å². The van der Waals surface area contributed by atoms with E-state index in [1.807, 2.05) is 0 Å². The molecule has 3 unspecified atom stereocenters. The Hall–Kier alpha value is -5.40. The molecule has 15 rings (SSSR count). The highest BCUT2D eigenvalue weighted by atomic mass is 15.1. The van der Waals surface area contributed by atoms with Crippen LogP contribution in [-0.4, -0.2) is 0 Å². The Labute approximate surface area is 342 Å². The van der Waals surface area contributed by atoms with E-state index in [2.05, 4.69) is 157 Å². The van der Waals surface area contributed by atoms with Gasteiger partial charge in [-0.2, -0.15) is 0 Å². The van der Waals surface area contributed by atoms with Crippen molar-refractivity contribution in [2.45, 2.75) is 68.6 Å². The number of fused-ring (bicyclic) bond motifs is 12. The summed E-state index contributed by atoms with van der Waals surface area (Å²) in [5.41, 5.74) is 19.0. The van der Waals surface area contributed by atoms with Gasteiger partial charge in [0.1, 0.15) is 0 Å². The predicted molar refractivity (Wildman–Crippen MR) is 239 cm³/mol. The van der Waals surface area contributed by atoms with Crippen LogP contribution in [0.25, 0.3) is 44.2 Å². The van der Waals surface area contributed by atoms with E-state index < -0.39 is 0 Å². The molecule has 1 heteroatoms. The molecule has 0 radical (unpaired) electrons. The van der Waals surface area contributed by atoms with Gasteiger partial charge in [-0.1, -0.05) is 128 Å². The SMILES string of the molecule is c1ccc2c(c1)-c1ccc(N(c3ccc(-c4cccc5ccccc45)cc3)c3cccc4c3-c3ccccc3C43C4CC5CC(C4)CC3C5)cc1C21CC2CCC1C2. The fourth-order valence-electron chi connectivity index (χ4n) is 15.6. The van der Waals surface area contributed by atoms with E-state index in [9.17, 15) is 0 Å². The molecule has 0 heterocycles. The van der Waals surface area contributed by atoms with Crippen molar-refractivity contribution in [2.75, 3.05) is 4.90 Å². The summed E-state index contributed by atoms with van der Waals surface area (Å²) in [4.78, 5) is 2.67. The molecular formula is C57H49N. The zero-order valence-electron chi connectivity index (χ0n) is 33.2. The van der Waals surface area contributed by atoms with Crippen LogP contribution >= 0.6 is 0 Å². The van der Waals surface area contributed by atoms with Crippen molar-refractivity contribution in [1.82, 2.24) is 0 Å². The molecule has 7 aromatic rings. The third-order valence-corrected chi connectivity index (χ3v) is 17.3. The van der Waals surface area contributed by atoms with Crippen LogP contribution in [0.2, 0.25) is 0 Å². The molecule has 0 saturated heterocycles. The summed E-state index contributed by atoms with van der Waals surface area (Å²) in [6.45, 7) is 0. The van der Waals surface area contributed by atoms with Crippen LogP contribution in [0.5, 0.6) is 0 Å². The quantitative estimate of drug-likeness (QED) is 0.173. The summed E-state index contributed by atoms with van der Waals surface area (Å²) < 4.78 is 0. The topological polar surface area (TPSA) is 3.24 Å². The number of anilines is 3. The van der Waals surface area contributed by atoms with Gasteiger partial charge >= 0.3 is 0 Å². The Bertz CT molecular complexity index is 2810. The molecule has 7 aromatic carbocycles. The molecule has 8 aliphatic rings. The van der Waals surface area contributed by atoms with Crippen molar-refractivity contribution in [3.63, 3.8) is 0 Å². The second-order valence-corrected chi connectivity index (χ2v) is 19.7. The Kier molecular flexibility index (Phi) is 6.52. The number of hydrogen-bond acceptors (Lipinski definition) is 1. The van der Waals surface area contributed by atoms with Crippen LogP contribution < -0.4 is 4.90 Å². The molecule has 8 aliphatic carbocycles. The molecule has 6 fully saturated rings. The lowest BCUT2D eigenvalue weighted by Crippen LogP contribution is -2.55. The summed E-state index contributed by atoms with van der Waals surface area (Å²) in [5.74, 6) is 4.91. The normalized spacial score (nSPS) is 29.9. The first-order valence-corrected chi connectivity index (χ1v) is 22.5. The predicted octanol–water partition coefficient (Wildman–Crippen LogP) is 14.8. The molecule has 3 atom stereocenters. The minimum Gasteiger partial charge on any atom is -0.310 e. The lowest BCUT2D eigenvalue weighted by molar-refractivity contribution is -0.0399. The van der Waals surface area contributed by atoms with Crippen molar-refractivity contribution < 1.29 is 0 Å². The Balaban J connectivity index is 0.994. The highest BCUT2D eigenvalue weighted by Gasteiger charge is 2.62. The van der Waals surface area contributed by atoms with Crippen LogP contribution in [-0.2, 0) is 10.8 Å². The van der Waals surface area contributed by atoms with E-state index >= 15 is 0 Å². The van der Waals surface area contributed by atoms with Gasteiger partial charge in [-0.15, -0.1) is 0 Å². The fraction of sp³-hybridized carbons (Fsp3) is 0.298. The van der Waals surface area contributed by atoms with Gasteiger partial charge in [-0.3, -0.25) is 0 Å². The zero-order valence-corrected chi connectivity index (χ0v) is 33.2. The molecule has 282 valence electrons. The van der Waals surface area contributed by atoms with Gasteiger partial charge in [0, 0.05) is 27.8 Å². The number of nitrogens with zero attached hydrogens (tertiary/aromatic N) is 1.